The van der Waals surface area contributed by atoms with Crippen molar-refractivity contribution < 1.29 is 4.79 Å². The van der Waals surface area contributed by atoms with Crippen molar-refractivity contribution in [1.29, 1.82) is 0 Å². The molecule has 1 fully saturated rings. The smallest absolute Gasteiger partial charge is 0.251 e. The van der Waals surface area contributed by atoms with Crippen LogP contribution >= 0.6 is 0 Å². The minimum atomic E-state index is -0.0126. The van der Waals surface area contributed by atoms with Crippen LogP contribution in [0.3, 0.4) is 0 Å². The number of piperidine rings is 1. The molecule has 3 rings (SSSR count). The molecule has 25 heavy (non-hydrogen) atoms. The maximum Gasteiger partial charge on any atom is 0.251 e. The Hall–Kier alpha value is -2.13. The molecule has 0 aliphatic carbocycles. The maximum atomic E-state index is 12.4. The predicted octanol–water partition coefficient (Wildman–Crippen LogP) is 4.16. The first kappa shape index (κ1) is 17.7. The highest BCUT2D eigenvalue weighted by atomic mass is 16.1. The highest BCUT2D eigenvalue weighted by Gasteiger charge is 2.16. The average Bonchev–Trinajstić information content (AvgIpc) is 2.61. The predicted molar refractivity (Wildman–Crippen MR) is 102 cm³/mol. The number of aryl methyl sites for hydroxylation is 1. The van der Waals surface area contributed by atoms with Gasteiger partial charge >= 0.3 is 0 Å². The molecule has 1 aliphatic rings. The summed E-state index contributed by atoms with van der Waals surface area (Å²) >= 11 is 0. The Morgan fingerprint density at radius 3 is 2.64 bits per heavy atom. The fraction of sp³-hybridized carbons (Fsp3) is 0.409. The number of nitrogens with zero attached hydrogens (tertiary/aromatic N) is 1. The fourth-order valence-corrected chi connectivity index (χ4v) is 3.54. The molecule has 1 aliphatic heterocycles. The van der Waals surface area contributed by atoms with Crippen molar-refractivity contribution in [3.63, 3.8) is 0 Å². The summed E-state index contributed by atoms with van der Waals surface area (Å²) < 4.78 is 0. The van der Waals surface area contributed by atoms with Crippen LogP contribution in [0.2, 0.25) is 0 Å². The highest BCUT2D eigenvalue weighted by Crippen LogP contribution is 2.18. The van der Waals surface area contributed by atoms with E-state index in [4.69, 9.17) is 0 Å². The Balaban J connectivity index is 1.54. The fourth-order valence-electron chi connectivity index (χ4n) is 3.54. The van der Waals surface area contributed by atoms with Gasteiger partial charge in [-0.2, -0.15) is 0 Å². The van der Waals surface area contributed by atoms with Crippen LogP contribution in [-0.2, 0) is 13.1 Å². The zero-order chi connectivity index (χ0) is 17.6. The van der Waals surface area contributed by atoms with Crippen LogP contribution in [-0.4, -0.2) is 23.9 Å². The monoisotopic (exact) mass is 336 g/mol. The molecule has 3 nitrogen and oxygen atoms in total. The van der Waals surface area contributed by atoms with E-state index in [9.17, 15) is 4.79 Å². The number of carbonyl (C=O) groups is 1. The van der Waals surface area contributed by atoms with E-state index in [1.165, 1.54) is 37.1 Å². The molecule has 0 aromatic heterocycles. The van der Waals surface area contributed by atoms with Crippen molar-refractivity contribution in [1.82, 2.24) is 10.2 Å². The van der Waals surface area contributed by atoms with Crippen molar-refractivity contribution in [3.8, 4) is 0 Å². The number of hydrogen-bond donors (Lipinski definition) is 1. The van der Waals surface area contributed by atoms with Gasteiger partial charge in [-0.25, -0.2) is 0 Å². The van der Waals surface area contributed by atoms with Gasteiger partial charge in [-0.1, -0.05) is 43.3 Å². The normalized spacial score (nSPS) is 18.1. The molecule has 132 valence electrons. The van der Waals surface area contributed by atoms with E-state index in [0.29, 0.717) is 6.54 Å². The lowest BCUT2D eigenvalue weighted by Crippen LogP contribution is -2.33. The van der Waals surface area contributed by atoms with E-state index in [1.807, 2.05) is 24.3 Å². The minimum Gasteiger partial charge on any atom is -0.348 e. The van der Waals surface area contributed by atoms with Crippen LogP contribution in [0.5, 0.6) is 0 Å². The van der Waals surface area contributed by atoms with Gasteiger partial charge in [0.15, 0.2) is 0 Å². The Morgan fingerprint density at radius 2 is 1.92 bits per heavy atom. The topological polar surface area (TPSA) is 32.3 Å². The minimum absolute atomic E-state index is 0.0126. The van der Waals surface area contributed by atoms with Gasteiger partial charge in [0.25, 0.3) is 5.91 Å². The number of rotatable bonds is 5. The zero-order valence-corrected chi connectivity index (χ0v) is 15.3. The van der Waals surface area contributed by atoms with E-state index < -0.39 is 0 Å². The van der Waals surface area contributed by atoms with Crippen LogP contribution in [0.15, 0.2) is 48.5 Å². The van der Waals surface area contributed by atoms with E-state index in [1.54, 1.807) is 0 Å². The first-order valence-electron chi connectivity index (χ1n) is 9.26. The summed E-state index contributed by atoms with van der Waals surface area (Å²) in [4.78, 5) is 14.9. The average molecular weight is 336 g/mol. The number of amides is 1. The Kier molecular flexibility index (Phi) is 5.87. The second kappa shape index (κ2) is 8.30. The summed E-state index contributed by atoms with van der Waals surface area (Å²) in [5.74, 6) is 0.779. The molecule has 1 saturated heterocycles. The van der Waals surface area contributed by atoms with Crippen molar-refractivity contribution in [2.24, 2.45) is 5.92 Å². The van der Waals surface area contributed by atoms with Gasteiger partial charge < -0.3 is 5.32 Å². The molecular formula is C22H28N2O. The molecule has 1 N–H and O–H groups in total. The molecule has 0 saturated carbocycles. The van der Waals surface area contributed by atoms with Crippen LogP contribution in [0.1, 0.15) is 46.8 Å². The molecule has 0 radical (unpaired) electrons. The first-order valence-corrected chi connectivity index (χ1v) is 9.26. The summed E-state index contributed by atoms with van der Waals surface area (Å²) in [6.07, 6.45) is 2.64. The third kappa shape index (κ3) is 4.93. The van der Waals surface area contributed by atoms with Crippen molar-refractivity contribution in [2.75, 3.05) is 13.1 Å². The molecule has 1 amide bonds. The molecule has 1 heterocycles. The standard InChI is InChI=1S/C22H28N2O/c1-17-6-5-13-24(15-17)16-19-9-11-20(12-10-19)22(25)23-14-21-8-4-3-7-18(21)2/h3-4,7-12,17H,5-6,13-16H2,1-2H3,(H,23,25). The Bertz CT molecular complexity index is 708. The summed E-state index contributed by atoms with van der Waals surface area (Å²) in [5.41, 5.74) is 4.37. The van der Waals surface area contributed by atoms with Crippen molar-refractivity contribution in [3.05, 3.63) is 70.8 Å². The quantitative estimate of drug-likeness (QED) is 0.889. The van der Waals surface area contributed by atoms with Crippen LogP contribution in [0, 0.1) is 12.8 Å². The van der Waals surface area contributed by atoms with Gasteiger partial charge in [0.1, 0.15) is 0 Å². The lowest BCUT2D eigenvalue weighted by Gasteiger charge is -2.30. The lowest BCUT2D eigenvalue weighted by atomic mass is 9.99. The molecule has 0 spiro atoms. The van der Waals surface area contributed by atoms with Gasteiger partial charge in [0.05, 0.1) is 0 Å². The van der Waals surface area contributed by atoms with Crippen LogP contribution < -0.4 is 5.32 Å². The third-order valence-corrected chi connectivity index (χ3v) is 5.06. The van der Waals surface area contributed by atoms with Crippen LogP contribution in [0.25, 0.3) is 0 Å². The molecule has 1 unspecified atom stereocenters. The van der Waals surface area contributed by atoms with E-state index >= 15 is 0 Å². The summed E-state index contributed by atoms with van der Waals surface area (Å²) in [6.45, 7) is 8.31. The van der Waals surface area contributed by atoms with Crippen LogP contribution in [0.4, 0.5) is 0 Å². The second-order valence-corrected chi connectivity index (χ2v) is 7.29. The van der Waals surface area contributed by atoms with E-state index in [0.717, 1.165) is 23.6 Å². The molecule has 2 aromatic carbocycles. The molecule has 3 heteroatoms. The van der Waals surface area contributed by atoms with E-state index in [-0.39, 0.29) is 5.91 Å². The van der Waals surface area contributed by atoms with Gasteiger partial charge in [-0.15, -0.1) is 0 Å². The number of hydrogen-bond acceptors (Lipinski definition) is 2. The van der Waals surface area contributed by atoms with Gasteiger partial charge in [0, 0.05) is 25.2 Å². The largest absolute Gasteiger partial charge is 0.348 e. The second-order valence-electron chi connectivity index (χ2n) is 7.29. The molecular weight excluding hydrogens is 308 g/mol. The summed E-state index contributed by atoms with van der Waals surface area (Å²) in [5, 5.41) is 3.01. The number of nitrogens with one attached hydrogen (secondary N) is 1. The summed E-state index contributed by atoms with van der Waals surface area (Å²) in [7, 11) is 0. The SMILES string of the molecule is Cc1ccccc1CNC(=O)c1ccc(CN2CCCC(C)C2)cc1. The van der Waals surface area contributed by atoms with E-state index in [2.05, 4.69) is 48.3 Å². The van der Waals surface area contributed by atoms with Crippen molar-refractivity contribution >= 4 is 5.91 Å². The maximum absolute atomic E-state index is 12.4. The molecule has 2 aromatic rings. The molecule has 1 atom stereocenters. The molecule has 0 bridgehead atoms. The lowest BCUT2D eigenvalue weighted by molar-refractivity contribution is 0.0951. The number of carbonyl (C=O) groups excluding carboxylic acids is 1. The Labute approximate surface area is 151 Å². The Morgan fingerprint density at radius 1 is 1.16 bits per heavy atom. The zero-order valence-electron chi connectivity index (χ0n) is 15.3. The number of likely N-dealkylation sites (tertiary alicyclic amines) is 1. The summed E-state index contributed by atoms with van der Waals surface area (Å²) in [6, 6.07) is 16.2. The van der Waals surface area contributed by atoms with Gasteiger partial charge in [-0.3, -0.25) is 9.69 Å². The van der Waals surface area contributed by atoms with Crippen molar-refractivity contribution in [2.45, 2.75) is 39.8 Å². The first-order chi connectivity index (χ1) is 12.1. The third-order valence-electron chi connectivity index (χ3n) is 5.06. The number of benzene rings is 2. The van der Waals surface area contributed by atoms with Gasteiger partial charge in [0.2, 0.25) is 0 Å². The highest BCUT2D eigenvalue weighted by molar-refractivity contribution is 5.94. The van der Waals surface area contributed by atoms with Gasteiger partial charge in [-0.05, 0) is 61.1 Å².